The number of hydrogen-bond acceptors (Lipinski definition) is 3. The molecular weight excluding hydrogens is 478 g/mol. The van der Waals surface area contributed by atoms with Crippen LogP contribution in [0.25, 0.3) is 11.1 Å². The molecule has 0 aromatic heterocycles. The van der Waals surface area contributed by atoms with E-state index in [1.807, 2.05) is 0 Å². The number of anilines is 1. The van der Waals surface area contributed by atoms with Gasteiger partial charge in [0.05, 0.1) is 23.4 Å². The summed E-state index contributed by atoms with van der Waals surface area (Å²) in [6, 6.07) is 13.5. The molecule has 1 saturated heterocycles. The molecule has 3 aromatic rings. The van der Waals surface area contributed by atoms with Crippen LogP contribution in [-0.4, -0.2) is 53.2 Å². The summed E-state index contributed by atoms with van der Waals surface area (Å²) in [5.41, 5.74) is 0.370. The van der Waals surface area contributed by atoms with Crippen molar-refractivity contribution in [2.75, 3.05) is 25.0 Å². The van der Waals surface area contributed by atoms with E-state index in [-0.39, 0.29) is 42.0 Å². The summed E-state index contributed by atoms with van der Waals surface area (Å²) < 4.78 is 53.1. The molecule has 2 aliphatic rings. The van der Waals surface area contributed by atoms with Gasteiger partial charge in [0.15, 0.2) is 0 Å². The molecule has 0 bridgehead atoms. The van der Waals surface area contributed by atoms with Crippen molar-refractivity contribution in [3.05, 3.63) is 89.2 Å². The third-order valence-electron chi connectivity index (χ3n) is 6.33. The summed E-state index contributed by atoms with van der Waals surface area (Å²) in [5.74, 6) is -1.98. The molecular formula is C26H19F4N3O3. The minimum absolute atomic E-state index is 0.0607. The van der Waals surface area contributed by atoms with Crippen molar-refractivity contribution in [3.8, 4) is 11.1 Å². The summed E-state index contributed by atoms with van der Waals surface area (Å²) in [5, 5.41) is 2.70. The van der Waals surface area contributed by atoms with Gasteiger partial charge in [0.2, 0.25) is 5.91 Å². The standard InChI is InChI=1S/C26H19F4N3O3/c27-19-6-2-4-17(12-19)24(35)32-9-10-33-22(14-32)23(34)31-21-8-7-16(13-20(21)25(33)36)15-3-1-5-18(11-15)26(28,29)30/h1-8,11-13,22H,9-10,14H2,(H,31,34)/t22-/m1/s1. The summed E-state index contributed by atoms with van der Waals surface area (Å²) >= 11 is 0. The molecule has 2 aliphatic heterocycles. The van der Waals surface area contributed by atoms with Crippen LogP contribution in [0.3, 0.4) is 0 Å². The van der Waals surface area contributed by atoms with Gasteiger partial charge < -0.3 is 15.1 Å². The molecule has 1 fully saturated rings. The Morgan fingerprint density at radius 1 is 0.917 bits per heavy atom. The minimum atomic E-state index is -4.51. The van der Waals surface area contributed by atoms with E-state index in [1.165, 1.54) is 58.3 Å². The Labute approximate surface area is 203 Å². The monoisotopic (exact) mass is 497 g/mol. The maximum absolute atomic E-state index is 13.6. The van der Waals surface area contributed by atoms with Crippen LogP contribution in [0, 0.1) is 5.82 Å². The number of nitrogens with zero attached hydrogens (tertiary/aromatic N) is 2. The van der Waals surface area contributed by atoms with Crippen molar-refractivity contribution in [1.82, 2.24) is 9.80 Å². The zero-order valence-corrected chi connectivity index (χ0v) is 18.7. The molecule has 0 unspecified atom stereocenters. The number of rotatable bonds is 2. The fourth-order valence-electron chi connectivity index (χ4n) is 4.49. The van der Waals surface area contributed by atoms with Gasteiger partial charge >= 0.3 is 6.18 Å². The normalized spacial score (nSPS) is 17.7. The average molecular weight is 497 g/mol. The van der Waals surface area contributed by atoms with Crippen molar-refractivity contribution >= 4 is 23.4 Å². The smallest absolute Gasteiger partial charge is 0.334 e. The van der Waals surface area contributed by atoms with E-state index < -0.39 is 41.3 Å². The van der Waals surface area contributed by atoms with Gasteiger partial charge in [0.1, 0.15) is 11.9 Å². The lowest BCUT2D eigenvalue weighted by molar-refractivity contribution is -0.137. The van der Waals surface area contributed by atoms with Crippen LogP contribution in [0.1, 0.15) is 26.3 Å². The SMILES string of the molecule is O=C1Nc2ccc(-c3cccc(C(F)(F)F)c3)cc2C(=O)N2CCN(C(=O)c3cccc(F)c3)C[C@H]12. The van der Waals surface area contributed by atoms with Crippen LogP contribution < -0.4 is 5.32 Å². The number of alkyl halides is 3. The summed E-state index contributed by atoms with van der Waals surface area (Å²) in [7, 11) is 0. The number of nitrogens with one attached hydrogen (secondary N) is 1. The number of fused-ring (bicyclic) bond motifs is 2. The number of benzene rings is 3. The number of amides is 3. The predicted octanol–water partition coefficient (Wildman–Crippen LogP) is 4.43. The van der Waals surface area contributed by atoms with Crippen LogP contribution in [0.15, 0.2) is 66.7 Å². The molecule has 5 rings (SSSR count). The van der Waals surface area contributed by atoms with Crippen molar-refractivity contribution in [2.24, 2.45) is 0 Å². The molecule has 1 atom stereocenters. The van der Waals surface area contributed by atoms with E-state index in [9.17, 15) is 31.9 Å². The number of carbonyl (C=O) groups is 3. The van der Waals surface area contributed by atoms with Gasteiger partial charge in [0, 0.05) is 18.7 Å². The van der Waals surface area contributed by atoms with Gasteiger partial charge in [-0.15, -0.1) is 0 Å². The molecule has 36 heavy (non-hydrogen) atoms. The average Bonchev–Trinajstić information content (AvgIpc) is 2.97. The van der Waals surface area contributed by atoms with Gasteiger partial charge in [-0.3, -0.25) is 14.4 Å². The first-order chi connectivity index (χ1) is 17.1. The third kappa shape index (κ3) is 4.30. The molecule has 184 valence electrons. The molecule has 6 nitrogen and oxygen atoms in total. The largest absolute Gasteiger partial charge is 0.416 e. The van der Waals surface area contributed by atoms with Gasteiger partial charge in [0.25, 0.3) is 11.8 Å². The van der Waals surface area contributed by atoms with E-state index in [0.717, 1.165) is 18.2 Å². The lowest BCUT2D eigenvalue weighted by Gasteiger charge is -2.39. The Balaban J connectivity index is 1.43. The number of carbonyl (C=O) groups excluding carboxylic acids is 3. The van der Waals surface area contributed by atoms with Crippen LogP contribution >= 0.6 is 0 Å². The zero-order chi connectivity index (χ0) is 25.6. The zero-order valence-electron chi connectivity index (χ0n) is 18.7. The van der Waals surface area contributed by atoms with Gasteiger partial charge in [-0.1, -0.05) is 24.3 Å². The minimum Gasteiger partial charge on any atom is -0.334 e. The first-order valence-corrected chi connectivity index (χ1v) is 11.1. The molecule has 10 heteroatoms. The Morgan fingerprint density at radius 3 is 2.42 bits per heavy atom. The summed E-state index contributed by atoms with van der Waals surface area (Å²) in [4.78, 5) is 42.0. The molecule has 0 saturated carbocycles. The first kappa shape index (κ1) is 23.5. The second-order valence-corrected chi connectivity index (χ2v) is 8.60. The topological polar surface area (TPSA) is 69.7 Å². The van der Waals surface area contributed by atoms with Crippen molar-refractivity contribution in [3.63, 3.8) is 0 Å². The van der Waals surface area contributed by atoms with Crippen LogP contribution in [0.4, 0.5) is 23.2 Å². The number of halogens is 4. The lowest BCUT2D eigenvalue weighted by atomic mass is 9.99. The van der Waals surface area contributed by atoms with E-state index in [2.05, 4.69) is 5.32 Å². The van der Waals surface area contributed by atoms with Crippen molar-refractivity contribution in [2.45, 2.75) is 12.2 Å². The second kappa shape index (κ2) is 8.78. The predicted molar refractivity (Wildman–Crippen MR) is 123 cm³/mol. The van der Waals surface area contributed by atoms with Crippen LogP contribution in [-0.2, 0) is 11.0 Å². The summed E-state index contributed by atoms with van der Waals surface area (Å²) in [6.07, 6.45) is -4.51. The molecule has 1 N–H and O–H groups in total. The number of piperazine rings is 1. The van der Waals surface area contributed by atoms with Crippen molar-refractivity contribution in [1.29, 1.82) is 0 Å². The molecule has 0 aliphatic carbocycles. The van der Waals surface area contributed by atoms with Gasteiger partial charge in [-0.05, 0) is 53.6 Å². The third-order valence-corrected chi connectivity index (χ3v) is 6.33. The highest BCUT2D eigenvalue weighted by Crippen LogP contribution is 2.34. The molecule has 2 heterocycles. The van der Waals surface area contributed by atoms with E-state index in [0.29, 0.717) is 5.56 Å². The van der Waals surface area contributed by atoms with Crippen LogP contribution in [0.5, 0.6) is 0 Å². The Hall–Kier alpha value is -4.21. The summed E-state index contributed by atoms with van der Waals surface area (Å²) in [6.45, 7) is 0.111. The maximum Gasteiger partial charge on any atom is 0.416 e. The highest BCUT2D eigenvalue weighted by Gasteiger charge is 2.40. The Bertz CT molecular complexity index is 1390. The molecule has 3 aromatic carbocycles. The number of hydrogen-bond donors (Lipinski definition) is 1. The second-order valence-electron chi connectivity index (χ2n) is 8.60. The quantitative estimate of drug-likeness (QED) is 0.533. The Kier molecular flexibility index (Phi) is 5.74. The first-order valence-electron chi connectivity index (χ1n) is 11.1. The maximum atomic E-state index is 13.6. The molecule has 0 radical (unpaired) electrons. The highest BCUT2D eigenvalue weighted by atomic mass is 19.4. The molecule has 3 amide bonds. The highest BCUT2D eigenvalue weighted by molar-refractivity contribution is 6.11. The van der Waals surface area contributed by atoms with Crippen LogP contribution in [0.2, 0.25) is 0 Å². The Morgan fingerprint density at radius 2 is 1.67 bits per heavy atom. The van der Waals surface area contributed by atoms with Gasteiger partial charge in [-0.25, -0.2) is 4.39 Å². The fourth-order valence-corrected chi connectivity index (χ4v) is 4.49. The lowest BCUT2D eigenvalue weighted by Crippen LogP contribution is -2.59. The fraction of sp³-hybridized carbons (Fsp3) is 0.192. The van der Waals surface area contributed by atoms with E-state index in [1.54, 1.807) is 0 Å². The van der Waals surface area contributed by atoms with Crippen molar-refractivity contribution < 1.29 is 31.9 Å². The molecule has 0 spiro atoms. The van der Waals surface area contributed by atoms with E-state index >= 15 is 0 Å². The van der Waals surface area contributed by atoms with Gasteiger partial charge in [-0.2, -0.15) is 13.2 Å². The van der Waals surface area contributed by atoms with E-state index in [4.69, 9.17) is 0 Å².